The van der Waals surface area contributed by atoms with Crippen molar-refractivity contribution in [2.75, 3.05) is 7.05 Å². The van der Waals surface area contributed by atoms with Crippen LogP contribution < -0.4 is 0 Å². The van der Waals surface area contributed by atoms with E-state index >= 15 is 0 Å². The number of carbonyl (C=O) groups excluding carboxylic acids is 1. The average Bonchev–Trinajstić information content (AvgIpc) is 2.12. The second-order valence-corrected chi connectivity index (χ2v) is 3.59. The van der Waals surface area contributed by atoms with Crippen molar-refractivity contribution in [2.24, 2.45) is 0 Å². The fraction of sp³-hybridized carbons (Fsp3) is 0.700. The monoisotopic (exact) mass is 180 g/mol. The number of rotatable bonds is 4. The molecule has 0 aliphatic heterocycles. The molecular formula is C10H19BNO. The summed E-state index contributed by atoms with van der Waals surface area (Å²) in [6, 6.07) is 0.120. The third-order valence-corrected chi connectivity index (χ3v) is 2.53. The van der Waals surface area contributed by atoms with Gasteiger partial charge in [-0.2, -0.15) is 0 Å². The molecule has 0 spiro atoms. The Hall–Kier alpha value is -0.725. The van der Waals surface area contributed by atoms with Crippen molar-refractivity contribution in [1.82, 2.24) is 4.90 Å². The second-order valence-electron chi connectivity index (χ2n) is 3.59. The number of hydrogen-bond donors (Lipinski definition) is 0. The zero-order valence-electron chi connectivity index (χ0n) is 9.29. The van der Waals surface area contributed by atoms with E-state index < -0.39 is 0 Å². The lowest BCUT2D eigenvalue weighted by molar-refractivity contribution is -0.130. The van der Waals surface area contributed by atoms with Crippen LogP contribution in [0.1, 0.15) is 20.8 Å². The number of carbonyl (C=O) groups is 1. The Labute approximate surface area is 82.2 Å². The van der Waals surface area contributed by atoms with Crippen LogP contribution >= 0.6 is 0 Å². The van der Waals surface area contributed by atoms with Crippen molar-refractivity contribution >= 4 is 13.2 Å². The predicted molar refractivity (Wildman–Crippen MR) is 58.1 cm³/mol. The van der Waals surface area contributed by atoms with Gasteiger partial charge < -0.3 is 4.90 Å². The van der Waals surface area contributed by atoms with E-state index in [2.05, 4.69) is 6.58 Å². The normalized spacial score (nSPS) is 14.5. The lowest BCUT2D eigenvalue weighted by Gasteiger charge is -2.27. The summed E-state index contributed by atoms with van der Waals surface area (Å²) in [4.78, 5) is 13.4. The lowest BCUT2D eigenvalue weighted by Crippen LogP contribution is -2.38. The van der Waals surface area contributed by atoms with Gasteiger partial charge in [-0.15, -0.1) is 0 Å². The van der Waals surface area contributed by atoms with Gasteiger partial charge in [-0.1, -0.05) is 25.9 Å². The highest BCUT2D eigenvalue weighted by Gasteiger charge is 2.20. The molecule has 13 heavy (non-hydrogen) atoms. The van der Waals surface area contributed by atoms with Crippen molar-refractivity contribution in [1.29, 1.82) is 0 Å². The average molecular weight is 180 g/mol. The molecule has 73 valence electrons. The van der Waals surface area contributed by atoms with Gasteiger partial charge >= 0.3 is 0 Å². The summed E-state index contributed by atoms with van der Waals surface area (Å²) >= 11 is 0. The third-order valence-electron chi connectivity index (χ3n) is 2.53. The summed E-state index contributed by atoms with van der Waals surface area (Å²) in [5, 5.41) is 0. The first-order valence-electron chi connectivity index (χ1n) is 4.63. The molecule has 0 saturated heterocycles. The van der Waals surface area contributed by atoms with Crippen LogP contribution in [0.5, 0.6) is 0 Å². The fourth-order valence-electron chi connectivity index (χ4n) is 0.985. The maximum Gasteiger partial charge on any atom is 0.217 e. The van der Waals surface area contributed by atoms with E-state index in [1.807, 2.05) is 41.9 Å². The number of nitrogens with zero attached hydrogens (tertiary/aromatic N) is 1. The molecule has 0 aromatic heterocycles. The molecule has 0 bridgehead atoms. The van der Waals surface area contributed by atoms with E-state index in [-0.39, 0.29) is 17.8 Å². The molecule has 0 rings (SSSR count). The highest BCUT2D eigenvalue weighted by Crippen LogP contribution is 2.12. The van der Waals surface area contributed by atoms with Gasteiger partial charge in [-0.3, -0.25) is 4.79 Å². The Balaban J connectivity index is 4.33. The molecule has 1 amide bonds. The minimum atomic E-state index is -0.00759. The minimum absolute atomic E-state index is 0.00759. The van der Waals surface area contributed by atoms with Crippen molar-refractivity contribution in [3.63, 3.8) is 0 Å². The van der Waals surface area contributed by atoms with Crippen LogP contribution in [0.3, 0.4) is 0 Å². The molecule has 2 nitrogen and oxygen atoms in total. The zero-order valence-corrected chi connectivity index (χ0v) is 9.29. The zero-order chi connectivity index (χ0) is 10.6. The molecule has 0 unspecified atom stereocenters. The quantitative estimate of drug-likeness (QED) is 0.478. The smallest absolute Gasteiger partial charge is 0.217 e. The molecule has 2 atom stereocenters. The number of amides is 1. The SMILES string of the molecule is C=C(C)[C@@H](C)N(C)C(=O)[C@H](C)[B]C. The van der Waals surface area contributed by atoms with E-state index in [9.17, 15) is 4.79 Å². The van der Waals surface area contributed by atoms with Crippen molar-refractivity contribution < 1.29 is 4.79 Å². The lowest BCUT2D eigenvalue weighted by atomic mass is 9.67. The van der Waals surface area contributed by atoms with Crippen molar-refractivity contribution in [3.8, 4) is 0 Å². The molecule has 0 heterocycles. The van der Waals surface area contributed by atoms with Gasteiger partial charge in [0.2, 0.25) is 5.91 Å². The van der Waals surface area contributed by atoms with Gasteiger partial charge in [0.1, 0.15) is 7.28 Å². The summed E-state index contributed by atoms with van der Waals surface area (Å²) in [6.07, 6.45) is 0. The maximum absolute atomic E-state index is 11.7. The molecule has 0 saturated carbocycles. The highest BCUT2D eigenvalue weighted by atomic mass is 16.2. The Morgan fingerprint density at radius 1 is 1.46 bits per heavy atom. The van der Waals surface area contributed by atoms with Crippen LogP contribution in [-0.4, -0.2) is 31.2 Å². The van der Waals surface area contributed by atoms with Crippen LogP contribution in [0.25, 0.3) is 0 Å². The first-order chi connectivity index (χ1) is 5.91. The van der Waals surface area contributed by atoms with Crippen molar-refractivity contribution in [3.05, 3.63) is 12.2 Å². The molecule has 3 heteroatoms. The van der Waals surface area contributed by atoms with Crippen LogP contribution in [-0.2, 0) is 4.79 Å². The summed E-state index contributed by atoms with van der Waals surface area (Å²) in [7, 11) is 3.73. The molecule has 0 aliphatic rings. The Bertz CT molecular complexity index is 203. The molecule has 0 aromatic rings. The van der Waals surface area contributed by atoms with Crippen LogP contribution in [0.4, 0.5) is 0 Å². The molecule has 0 aromatic carbocycles. The first kappa shape index (κ1) is 12.3. The molecular weight excluding hydrogens is 161 g/mol. The van der Waals surface area contributed by atoms with E-state index in [0.717, 1.165) is 5.57 Å². The molecule has 0 fully saturated rings. The third kappa shape index (κ3) is 3.25. The summed E-state index contributed by atoms with van der Waals surface area (Å²) in [5.74, 6) is 0.143. The standard InChI is InChI=1S/C10H19BNO/c1-7(2)9(4)12(6)10(13)8(3)11-5/h8-9H,1H2,2-6H3/t8-,9+/m0/s1. The minimum Gasteiger partial charge on any atom is -0.340 e. The van der Waals surface area contributed by atoms with Gasteiger partial charge in [0, 0.05) is 18.9 Å². The Morgan fingerprint density at radius 3 is 2.23 bits per heavy atom. The fourth-order valence-corrected chi connectivity index (χ4v) is 0.985. The summed E-state index contributed by atoms with van der Waals surface area (Å²) in [5.41, 5.74) is 1.01. The van der Waals surface area contributed by atoms with Crippen LogP contribution in [0.15, 0.2) is 12.2 Å². The maximum atomic E-state index is 11.7. The number of likely N-dealkylation sites (N-methyl/N-ethyl adjacent to an activating group) is 1. The molecule has 0 aliphatic carbocycles. The van der Waals surface area contributed by atoms with Gasteiger partial charge in [0.25, 0.3) is 0 Å². The summed E-state index contributed by atoms with van der Waals surface area (Å²) in [6.45, 7) is 11.6. The van der Waals surface area contributed by atoms with Gasteiger partial charge in [-0.25, -0.2) is 0 Å². The molecule has 0 N–H and O–H groups in total. The number of hydrogen-bond acceptors (Lipinski definition) is 1. The topological polar surface area (TPSA) is 20.3 Å². The van der Waals surface area contributed by atoms with Gasteiger partial charge in [-0.05, 0) is 13.8 Å². The molecule has 1 radical (unpaired) electrons. The van der Waals surface area contributed by atoms with Crippen LogP contribution in [0.2, 0.25) is 12.6 Å². The largest absolute Gasteiger partial charge is 0.340 e. The van der Waals surface area contributed by atoms with E-state index in [0.29, 0.717) is 0 Å². The predicted octanol–water partition coefficient (Wildman–Crippen LogP) is 1.97. The highest BCUT2D eigenvalue weighted by molar-refractivity contribution is 6.42. The Kier molecular flexibility index (Phi) is 4.82. The second kappa shape index (κ2) is 5.10. The van der Waals surface area contributed by atoms with Crippen LogP contribution in [0, 0.1) is 0 Å². The van der Waals surface area contributed by atoms with E-state index in [1.165, 1.54) is 0 Å². The van der Waals surface area contributed by atoms with E-state index in [4.69, 9.17) is 0 Å². The van der Waals surface area contributed by atoms with E-state index in [1.54, 1.807) is 4.90 Å². The van der Waals surface area contributed by atoms with Crippen molar-refractivity contribution in [2.45, 2.75) is 39.5 Å². The summed E-state index contributed by atoms with van der Waals surface area (Å²) < 4.78 is 0. The first-order valence-corrected chi connectivity index (χ1v) is 4.63. The van der Waals surface area contributed by atoms with Gasteiger partial charge in [0.05, 0.1) is 0 Å². The van der Waals surface area contributed by atoms with Gasteiger partial charge in [0.15, 0.2) is 0 Å². The Morgan fingerprint density at radius 2 is 1.92 bits per heavy atom.